The number of carbonyl (C=O) groups excluding carboxylic acids is 1. The lowest BCUT2D eigenvalue weighted by Crippen LogP contribution is -2.20. The Balaban J connectivity index is 2.34. The quantitative estimate of drug-likeness (QED) is 0.821. The molecule has 0 unspecified atom stereocenters. The number of imidazole rings is 1. The predicted molar refractivity (Wildman–Crippen MR) is 66.9 cm³/mol. The molecule has 88 valence electrons. The average Bonchev–Trinajstić information content (AvgIpc) is 2.60. The Morgan fingerprint density at radius 3 is 2.59 bits per heavy atom. The van der Waals surface area contributed by atoms with Gasteiger partial charge in [-0.3, -0.25) is 10.2 Å². The summed E-state index contributed by atoms with van der Waals surface area (Å²) in [6, 6.07) is 7.94. The van der Waals surface area contributed by atoms with E-state index in [0.29, 0.717) is 0 Å². The highest BCUT2D eigenvalue weighted by molar-refractivity contribution is 5.81. The number of carbonyl (C=O) groups is 1. The van der Waals surface area contributed by atoms with E-state index in [4.69, 9.17) is 5.73 Å². The van der Waals surface area contributed by atoms with E-state index in [0.717, 1.165) is 11.3 Å². The fourth-order valence-electron chi connectivity index (χ4n) is 1.52. The number of hydrogen-bond donors (Lipinski definition) is 2. The highest BCUT2D eigenvalue weighted by Crippen LogP contribution is 2.19. The predicted octanol–water partition coefficient (Wildman–Crippen LogP) is 1.53. The Hall–Kier alpha value is -2.30. The number of aryl methyl sites for hydroxylation is 1. The van der Waals surface area contributed by atoms with Gasteiger partial charge in [0.05, 0.1) is 11.9 Å². The van der Waals surface area contributed by atoms with Crippen LogP contribution in [0.3, 0.4) is 0 Å². The number of nitrogen functional groups attached to an aromatic ring is 1. The van der Waals surface area contributed by atoms with Gasteiger partial charge in [-0.1, -0.05) is 29.8 Å². The Labute approximate surface area is 99.2 Å². The van der Waals surface area contributed by atoms with Crippen LogP contribution in [0.5, 0.6) is 0 Å². The average molecular weight is 230 g/mol. The molecule has 5 heteroatoms. The van der Waals surface area contributed by atoms with E-state index in [9.17, 15) is 4.79 Å². The van der Waals surface area contributed by atoms with Crippen LogP contribution < -0.4 is 11.2 Å². The minimum Gasteiger partial charge on any atom is -0.368 e. The largest absolute Gasteiger partial charge is 0.368 e. The van der Waals surface area contributed by atoms with E-state index in [1.807, 2.05) is 31.2 Å². The van der Waals surface area contributed by atoms with Gasteiger partial charge in [-0.05, 0) is 6.92 Å². The molecule has 17 heavy (non-hydrogen) atoms. The second kappa shape index (κ2) is 4.29. The third-order valence-corrected chi connectivity index (χ3v) is 2.36. The van der Waals surface area contributed by atoms with Crippen molar-refractivity contribution in [2.75, 3.05) is 11.2 Å². The van der Waals surface area contributed by atoms with Crippen molar-refractivity contribution in [2.45, 2.75) is 13.8 Å². The maximum Gasteiger partial charge on any atom is 0.235 e. The Kier molecular flexibility index (Phi) is 2.82. The monoisotopic (exact) mass is 230 g/mol. The molecule has 1 aromatic heterocycles. The van der Waals surface area contributed by atoms with E-state index in [1.54, 1.807) is 6.20 Å². The molecule has 0 aliphatic heterocycles. The van der Waals surface area contributed by atoms with Crippen LogP contribution in [-0.4, -0.2) is 15.6 Å². The molecule has 0 radical (unpaired) electrons. The minimum absolute atomic E-state index is 0.190. The first-order chi connectivity index (χ1) is 8.06. The van der Waals surface area contributed by atoms with Gasteiger partial charge in [-0.15, -0.1) is 0 Å². The summed E-state index contributed by atoms with van der Waals surface area (Å²) in [4.78, 5) is 15.1. The molecule has 0 atom stereocenters. The zero-order valence-corrected chi connectivity index (χ0v) is 9.77. The number of benzene rings is 1. The molecule has 0 bridgehead atoms. The van der Waals surface area contributed by atoms with Gasteiger partial charge < -0.3 is 5.73 Å². The van der Waals surface area contributed by atoms with Crippen LogP contribution in [-0.2, 0) is 4.79 Å². The van der Waals surface area contributed by atoms with E-state index >= 15 is 0 Å². The van der Waals surface area contributed by atoms with Gasteiger partial charge in [0.25, 0.3) is 0 Å². The number of rotatable bonds is 2. The molecule has 0 aliphatic rings. The van der Waals surface area contributed by atoms with Crippen molar-refractivity contribution in [1.29, 1.82) is 0 Å². The molecule has 0 spiro atoms. The maximum absolute atomic E-state index is 10.9. The number of anilines is 1. The second-order valence-electron chi connectivity index (χ2n) is 3.89. The van der Waals surface area contributed by atoms with Crippen LogP contribution in [0, 0.1) is 6.92 Å². The zero-order chi connectivity index (χ0) is 12.4. The molecule has 5 nitrogen and oxygen atoms in total. The first-order valence-corrected chi connectivity index (χ1v) is 5.26. The standard InChI is InChI=1S/C12H14N4O/c1-8-3-5-10(6-4-8)11-7-16(12(13)14-11)15-9(2)17/h3-7H,1-2H3,(H2,13,14)(H,15,17). The van der Waals surface area contributed by atoms with Crippen molar-refractivity contribution in [3.8, 4) is 11.3 Å². The SMILES string of the molecule is CC(=O)Nn1cc(-c2ccc(C)cc2)nc1N. The Morgan fingerprint density at radius 1 is 1.35 bits per heavy atom. The summed E-state index contributed by atoms with van der Waals surface area (Å²) in [5.41, 5.74) is 11.1. The zero-order valence-electron chi connectivity index (χ0n) is 9.77. The van der Waals surface area contributed by atoms with Gasteiger partial charge in [0.1, 0.15) is 0 Å². The minimum atomic E-state index is -0.190. The molecule has 2 aromatic rings. The van der Waals surface area contributed by atoms with Gasteiger partial charge in [0.15, 0.2) is 0 Å². The Morgan fingerprint density at radius 2 is 2.00 bits per heavy atom. The van der Waals surface area contributed by atoms with Crippen molar-refractivity contribution in [2.24, 2.45) is 0 Å². The topological polar surface area (TPSA) is 72.9 Å². The summed E-state index contributed by atoms with van der Waals surface area (Å²) < 4.78 is 1.41. The lowest BCUT2D eigenvalue weighted by molar-refractivity contribution is -0.115. The lowest BCUT2D eigenvalue weighted by Gasteiger charge is -2.02. The van der Waals surface area contributed by atoms with Crippen molar-refractivity contribution in [1.82, 2.24) is 9.66 Å². The number of aromatic nitrogens is 2. The van der Waals surface area contributed by atoms with Gasteiger partial charge >= 0.3 is 0 Å². The second-order valence-corrected chi connectivity index (χ2v) is 3.89. The Bertz CT molecular complexity index is 542. The van der Waals surface area contributed by atoms with Gasteiger partial charge in [-0.2, -0.15) is 0 Å². The van der Waals surface area contributed by atoms with Crippen LogP contribution in [0.2, 0.25) is 0 Å². The van der Waals surface area contributed by atoms with Crippen molar-refractivity contribution in [3.63, 3.8) is 0 Å². The van der Waals surface area contributed by atoms with Crippen LogP contribution in [0.15, 0.2) is 30.5 Å². The van der Waals surface area contributed by atoms with Crippen LogP contribution >= 0.6 is 0 Å². The third kappa shape index (κ3) is 2.44. The molecule has 1 aromatic carbocycles. The lowest BCUT2D eigenvalue weighted by atomic mass is 10.1. The van der Waals surface area contributed by atoms with E-state index < -0.39 is 0 Å². The van der Waals surface area contributed by atoms with Crippen LogP contribution in [0.25, 0.3) is 11.3 Å². The summed E-state index contributed by atoms with van der Waals surface area (Å²) in [6.07, 6.45) is 1.70. The van der Waals surface area contributed by atoms with Gasteiger partial charge in [0.2, 0.25) is 11.9 Å². The fraction of sp³-hybridized carbons (Fsp3) is 0.167. The van der Waals surface area contributed by atoms with Crippen LogP contribution in [0.4, 0.5) is 5.95 Å². The smallest absolute Gasteiger partial charge is 0.235 e. The highest BCUT2D eigenvalue weighted by Gasteiger charge is 2.07. The number of hydrogen-bond acceptors (Lipinski definition) is 3. The first-order valence-electron chi connectivity index (χ1n) is 5.26. The van der Waals surface area contributed by atoms with E-state index in [-0.39, 0.29) is 11.9 Å². The third-order valence-electron chi connectivity index (χ3n) is 2.36. The van der Waals surface area contributed by atoms with Gasteiger partial charge in [0, 0.05) is 12.5 Å². The molecule has 1 amide bonds. The van der Waals surface area contributed by atoms with Gasteiger partial charge in [-0.25, -0.2) is 9.66 Å². The molecule has 0 saturated heterocycles. The van der Waals surface area contributed by atoms with E-state index in [2.05, 4.69) is 10.4 Å². The van der Waals surface area contributed by atoms with Crippen molar-refractivity contribution < 1.29 is 4.79 Å². The van der Waals surface area contributed by atoms with Crippen LogP contribution in [0.1, 0.15) is 12.5 Å². The highest BCUT2D eigenvalue weighted by atomic mass is 16.2. The molecule has 1 heterocycles. The number of nitrogens with one attached hydrogen (secondary N) is 1. The number of nitrogens with two attached hydrogens (primary N) is 1. The summed E-state index contributed by atoms with van der Waals surface area (Å²) >= 11 is 0. The molecule has 0 saturated carbocycles. The first kappa shape index (κ1) is 11.2. The number of nitrogens with zero attached hydrogens (tertiary/aromatic N) is 2. The van der Waals surface area contributed by atoms with E-state index in [1.165, 1.54) is 17.2 Å². The normalized spacial score (nSPS) is 10.2. The van der Waals surface area contributed by atoms with Crippen molar-refractivity contribution in [3.05, 3.63) is 36.0 Å². The summed E-state index contributed by atoms with van der Waals surface area (Å²) in [5.74, 6) is 0.0698. The molecule has 3 N–H and O–H groups in total. The van der Waals surface area contributed by atoms with Crippen molar-refractivity contribution >= 4 is 11.9 Å². The number of amides is 1. The molecular weight excluding hydrogens is 216 g/mol. The molecule has 0 aliphatic carbocycles. The molecule has 2 rings (SSSR count). The summed E-state index contributed by atoms with van der Waals surface area (Å²) in [5, 5.41) is 0. The summed E-state index contributed by atoms with van der Waals surface area (Å²) in [7, 11) is 0. The molecule has 0 fully saturated rings. The fourth-order valence-corrected chi connectivity index (χ4v) is 1.52. The molecular formula is C12H14N4O. The summed E-state index contributed by atoms with van der Waals surface area (Å²) in [6.45, 7) is 3.44. The maximum atomic E-state index is 10.9.